The average Bonchev–Trinajstić information content (AvgIpc) is 2.83. The number of rotatable bonds is 5. The van der Waals surface area contributed by atoms with Crippen LogP contribution in [0.3, 0.4) is 0 Å². The third-order valence-electron chi connectivity index (χ3n) is 2.97. The normalized spacial score (nSPS) is 21.9. The van der Waals surface area contributed by atoms with E-state index in [0.29, 0.717) is 18.2 Å². The number of aromatic nitrogens is 2. The second-order valence-corrected chi connectivity index (χ2v) is 6.80. The van der Waals surface area contributed by atoms with Gasteiger partial charge >= 0.3 is 5.97 Å². The van der Waals surface area contributed by atoms with Gasteiger partial charge in [0, 0.05) is 13.0 Å². The molecule has 2 heterocycles. The van der Waals surface area contributed by atoms with Crippen LogP contribution in [0.1, 0.15) is 18.2 Å². The van der Waals surface area contributed by atoms with E-state index >= 15 is 0 Å². The van der Waals surface area contributed by atoms with Gasteiger partial charge in [-0.2, -0.15) is 0 Å². The SMILES string of the molecule is Cc1nnc(CN(CC(=O)O)C2CCS(=O)(=O)C2)o1. The smallest absolute Gasteiger partial charge is 0.317 e. The fourth-order valence-corrected chi connectivity index (χ4v) is 3.89. The third kappa shape index (κ3) is 3.74. The first-order valence-corrected chi connectivity index (χ1v) is 7.63. The minimum absolute atomic E-state index is 0.0204. The van der Waals surface area contributed by atoms with Gasteiger partial charge in [0.15, 0.2) is 9.84 Å². The molecule has 1 aliphatic rings. The Balaban J connectivity index is 2.10. The van der Waals surface area contributed by atoms with Crippen LogP contribution < -0.4 is 0 Å². The first kappa shape index (κ1) is 13.9. The van der Waals surface area contributed by atoms with Crippen LogP contribution in [0.4, 0.5) is 0 Å². The van der Waals surface area contributed by atoms with Gasteiger partial charge in [0.25, 0.3) is 0 Å². The summed E-state index contributed by atoms with van der Waals surface area (Å²) in [5.41, 5.74) is 0. The number of nitrogens with zero attached hydrogens (tertiary/aromatic N) is 3. The number of aryl methyl sites for hydroxylation is 1. The molecule has 9 heteroatoms. The highest BCUT2D eigenvalue weighted by molar-refractivity contribution is 7.91. The zero-order valence-corrected chi connectivity index (χ0v) is 11.3. The lowest BCUT2D eigenvalue weighted by Crippen LogP contribution is -2.39. The Morgan fingerprint density at radius 3 is 2.74 bits per heavy atom. The molecule has 0 saturated carbocycles. The van der Waals surface area contributed by atoms with Crippen molar-refractivity contribution >= 4 is 15.8 Å². The summed E-state index contributed by atoms with van der Waals surface area (Å²) >= 11 is 0. The molecule has 1 aromatic heterocycles. The quantitative estimate of drug-likeness (QED) is 0.768. The lowest BCUT2D eigenvalue weighted by molar-refractivity contribution is -0.139. The number of carboxylic acid groups (broad SMARTS) is 1. The number of carbonyl (C=O) groups is 1. The predicted molar refractivity (Wildman–Crippen MR) is 64.1 cm³/mol. The number of carboxylic acids is 1. The third-order valence-corrected chi connectivity index (χ3v) is 4.72. The Labute approximate surface area is 110 Å². The number of hydrogen-bond donors (Lipinski definition) is 1. The molecule has 0 amide bonds. The zero-order valence-electron chi connectivity index (χ0n) is 10.4. The van der Waals surface area contributed by atoms with Crippen molar-refractivity contribution in [3.8, 4) is 0 Å². The highest BCUT2D eigenvalue weighted by Crippen LogP contribution is 2.19. The Morgan fingerprint density at radius 1 is 1.53 bits per heavy atom. The molecule has 1 atom stereocenters. The van der Waals surface area contributed by atoms with Crippen LogP contribution in [0.2, 0.25) is 0 Å². The number of aliphatic carboxylic acids is 1. The average molecular weight is 289 g/mol. The molecule has 1 unspecified atom stereocenters. The first-order valence-electron chi connectivity index (χ1n) is 5.81. The second-order valence-electron chi connectivity index (χ2n) is 4.57. The summed E-state index contributed by atoms with van der Waals surface area (Å²) in [6, 6.07) is -0.312. The van der Waals surface area contributed by atoms with Gasteiger partial charge in [0.05, 0.1) is 24.6 Å². The molecule has 0 spiro atoms. The van der Waals surface area contributed by atoms with Crippen molar-refractivity contribution in [2.75, 3.05) is 18.1 Å². The molecule has 1 aliphatic heterocycles. The van der Waals surface area contributed by atoms with Gasteiger partial charge in [0.2, 0.25) is 11.8 Å². The maximum Gasteiger partial charge on any atom is 0.317 e. The van der Waals surface area contributed by atoms with Gasteiger partial charge in [-0.15, -0.1) is 10.2 Å². The molecule has 106 valence electrons. The molecular formula is C10H15N3O5S. The minimum atomic E-state index is -3.06. The molecule has 0 aliphatic carbocycles. The van der Waals surface area contributed by atoms with Gasteiger partial charge in [-0.05, 0) is 6.42 Å². The van der Waals surface area contributed by atoms with Crippen molar-refractivity contribution in [1.29, 1.82) is 0 Å². The molecule has 2 rings (SSSR count). The monoisotopic (exact) mass is 289 g/mol. The summed E-state index contributed by atoms with van der Waals surface area (Å²) in [6.07, 6.45) is 0.433. The van der Waals surface area contributed by atoms with Crippen LogP contribution in [0.25, 0.3) is 0 Å². The summed E-state index contributed by atoms with van der Waals surface area (Å²) in [6.45, 7) is 1.53. The van der Waals surface area contributed by atoms with Gasteiger partial charge < -0.3 is 9.52 Å². The van der Waals surface area contributed by atoms with E-state index in [-0.39, 0.29) is 30.6 Å². The van der Waals surface area contributed by atoms with E-state index in [4.69, 9.17) is 9.52 Å². The lowest BCUT2D eigenvalue weighted by atomic mass is 10.2. The van der Waals surface area contributed by atoms with Crippen molar-refractivity contribution in [3.63, 3.8) is 0 Å². The summed E-state index contributed by atoms with van der Waals surface area (Å²) < 4.78 is 28.1. The van der Waals surface area contributed by atoms with Crippen molar-refractivity contribution in [2.45, 2.75) is 25.9 Å². The molecule has 0 aromatic carbocycles. The molecule has 1 aromatic rings. The Bertz CT molecular complexity index is 567. The molecule has 8 nitrogen and oxygen atoms in total. The zero-order chi connectivity index (χ0) is 14.0. The van der Waals surface area contributed by atoms with Crippen LogP contribution in [-0.2, 0) is 21.2 Å². The largest absolute Gasteiger partial charge is 0.480 e. The van der Waals surface area contributed by atoms with E-state index < -0.39 is 15.8 Å². The van der Waals surface area contributed by atoms with Crippen molar-refractivity contribution in [1.82, 2.24) is 15.1 Å². The minimum Gasteiger partial charge on any atom is -0.480 e. The second kappa shape index (κ2) is 5.25. The van der Waals surface area contributed by atoms with Gasteiger partial charge in [-0.25, -0.2) is 8.42 Å². The summed E-state index contributed by atoms with van der Waals surface area (Å²) in [5.74, 6) is -0.253. The van der Waals surface area contributed by atoms with E-state index in [1.54, 1.807) is 11.8 Å². The maximum atomic E-state index is 11.5. The fraction of sp³-hybridized carbons (Fsp3) is 0.700. The first-order chi connectivity index (χ1) is 8.85. The highest BCUT2D eigenvalue weighted by atomic mass is 32.2. The van der Waals surface area contributed by atoms with Gasteiger partial charge in [-0.3, -0.25) is 9.69 Å². The lowest BCUT2D eigenvalue weighted by Gasteiger charge is -2.24. The van der Waals surface area contributed by atoms with Crippen LogP contribution in [-0.4, -0.2) is 58.7 Å². The van der Waals surface area contributed by atoms with Crippen LogP contribution in [0.15, 0.2) is 4.42 Å². The van der Waals surface area contributed by atoms with E-state index in [1.807, 2.05) is 0 Å². The standard InChI is InChI=1S/C10H15N3O5S/c1-7-11-12-9(18-7)4-13(5-10(14)15)8-2-3-19(16,17)6-8/h8H,2-6H2,1H3,(H,14,15). The van der Waals surface area contributed by atoms with Crippen LogP contribution in [0.5, 0.6) is 0 Å². The summed E-state index contributed by atoms with van der Waals surface area (Å²) in [5, 5.41) is 16.4. The molecule has 19 heavy (non-hydrogen) atoms. The molecule has 1 N–H and O–H groups in total. The van der Waals surface area contributed by atoms with Crippen molar-refractivity contribution < 1.29 is 22.7 Å². The van der Waals surface area contributed by atoms with E-state index in [2.05, 4.69) is 10.2 Å². The van der Waals surface area contributed by atoms with Crippen LogP contribution >= 0.6 is 0 Å². The van der Waals surface area contributed by atoms with Crippen molar-refractivity contribution in [2.24, 2.45) is 0 Å². The Hall–Kier alpha value is -1.48. The molecule has 1 saturated heterocycles. The number of sulfone groups is 1. The molecule has 1 fully saturated rings. The fourth-order valence-electron chi connectivity index (χ4n) is 2.13. The molecular weight excluding hydrogens is 274 g/mol. The van der Waals surface area contributed by atoms with E-state index in [9.17, 15) is 13.2 Å². The van der Waals surface area contributed by atoms with E-state index in [1.165, 1.54) is 0 Å². The molecule has 0 radical (unpaired) electrons. The Kier molecular flexibility index (Phi) is 3.85. The topological polar surface area (TPSA) is 114 Å². The predicted octanol–water partition coefficient (Wildman–Crippen LogP) is -0.548. The van der Waals surface area contributed by atoms with Crippen molar-refractivity contribution in [3.05, 3.63) is 11.8 Å². The molecule has 0 bridgehead atoms. The summed E-state index contributed by atoms with van der Waals surface area (Å²) in [7, 11) is -3.06. The van der Waals surface area contributed by atoms with Crippen LogP contribution in [0, 0.1) is 6.92 Å². The summed E-state index contributed by atoms with van der Waals surface area (Å²) in [4.78, 5) is 12.4. The Morgan fingerprint density at radius 2 is 2.26 bits per heavy atom. The maximum absolute atomic E-state index is 11.5. The van der Waals surface area contributed by atoms with Gasteiger partial charge in [0.1, 0.15) is 0 Å². The highest BCUT2D eigenvalue weighted by Gasteiger charge is 2.33. The van der Waals surface area contributed by atoms with E-state index in [0.717, 1.165) is 0 Å². The number of hydrogen-bond acceptors (Lipinski definition) is 7. The van der Waals surface area contributed by atoms with Gasteiger partial charge in [-0.1, -0.05) is 0 Å².